The summed E-state index contributed by atoms with van der Waals surface area (Å²) in [4.78, 5) is 17.7. The van der Waals surface area contributed by atoms with Gasteiger partial charge in [-0.3, -0.25) is 14.4 Å². The van der Waals surface area contributed by atoms with E-state index in [4.69, 9.17) is 0 Å². The highest BCUT2D eigenvalue weighted by Gasteiger charge is 2.48. The van der Waals surface area contributed by atoms with E-state index in [1.165, 1.54) is 31.2 Å². The molecule has 1 amide bonds. The molecule has 0 unspecified atom stereocenters. The molecule has 0 bridgehead atoms. The largest absolute Gasteiger partial charge is 0.342 e. The normalized spacial score (nSPS) is 25.2. The zero-order chi connectivity index (χ0) is 16.6. The third kappa shape index (κ3) is 3.10. The van der Waals surface area contributed by atoms with E-state index < -0.39 is 0 Å². The van der Waals surface area contributed by atoms with Crippen molar-refractivity contribution in [2.45, 2.75) is 51.5 Å². The van der Waals surface area contributed by atoms with Crippen LogP contribution in [0.3, 0.4) is 0 Å². The van der Waals surface area contributed by atoms with E-state index >= 15 is 0 Å². The van der Waals surface area contributed by atoms with Crippen molar-refractivity contribution in [3.63, 3.8) is 0 Å². The number of likely N-dealkylation sites (tertiary alicyclic amines) is 2. The summed E-state index contributed by atoms with van der Waals surface area (Å²) in [6.07, 6.45) is 12.6. The molecule has 5 nitrogen and oxygen atoms in total. The molecule has 2 aliphatic heterocycles. The molecule has 5 heteroatoms. The van der Waals surface area contributed by atoms with Gasteiger partial charge in [0.05, 0.1) is 11.6 Å². The maximum absolute atomic E-state index is 13.0. The SMILES string of the molecule is Cn1cc(CN2CCC3(CC2)CCN(CC2CCCC2)C3=O)cn1. The summed E-state index contributed by atoms with van der Waals surface area (Å²) in [5.74, 6) is 1.24. The van der Waals surface area contributed by atoms with Crippen LogP contribution in [0.15, 0.2) is 12.4 Å². The maximum atomic E-state index is 13.0. The molecule has 1 aromatic rings. The first-order chi connectivity index (χ1) is 11.6. The predicted molar refractivity (Wildman–Crippen MR) is 93.3 cm³/mol. The molecule has 0 atom stereocenters. The lowest BCUT2D eigenvalue weighted by molar-refractivity contribution is -0.139. The van der Waals surface area contributed by atoms with Crippen LogP contribution < -0.4 is 0 Å². The molecule has 3 fully saturated rings. The lowest BCUT2D eigenvalue weighted by atomic mass is 9.77. The zero-order valence-electron chi connectivity index (χ0n) is 14.9. The monoisotopic (exact) mass is 330 g/mol. The lowest BCUT2D eigenvalue weighted by Gasteiger charge is -2.38. The Balaban J connectivity index is 1.31. The van der Waals surface area contributed by atoms with Crippen molar-refractivity contribution >= 4 is 5.91 Å². The maximum Gasteiger partial charge on any atom is 0.228 e. The molecule has 132 valence electrons. The zero-order valence-corrected chi connectivity index (χ0v) is 14.9. The molecule has 0 aromatic carbocycles. The van der Waals surface area contributed by atoms with Crippen LogP contribution >= 0.6 is 0 Å². The highest BCUT2D eigenvalue weighted by Crippen LogP contribution is 2.42. The second-order valence-electron chi connectivity index (χ2n) is 8.23. The van der Waals surface area contributed by atoms with Gasteiger partial charge in [-0.25, -0.2) is 0 Å². The summed E-state index contributed by atoms with van der Waals surface area (Å²) in [6, 6.07) is 0. The summed E-state index contributed by atoms with van der Waals surface area (Å²) in [5, 5.41) is 4.25. The van der Waals surface area contributed by atoms with E-state index in [0.717, 1.165) is 57.9 Å². The van der Waals surface area contributed by atoms with Crippen LogP contribution in [0, 0.1) is 11.3 Å². The Hall–Kier alpha value is -1.36. The highest BCUT2D eigenvalue weighted by atomic mass is 16.2. The van der Waals surface area contributed by atoms with Gasteiger partial charge in [-0.1, -0.05) is 12.8 Å². The van der Waals surface area contributed by atoms with Gasteiger partial charge in [0.2, 0.25) is 5.91 Å². The fourth-order valence-corrected chi connectivity index (χ4v) is 4.99. The van der Waals surface area contributed by atoms with Crippen LogP contribution in [0.5, 0.6) is 0 Å². The second kappa shape index (κ2) is 6.51. The molecule has 2 saturated heterocycles. The molecule has 1 aliphatic carbocycles. The van der Waals surface area contributed by atoms with Gasteiger partial charge in [0.1, 0.15) is 0 Å². The number of amides is 1. The number of hydrogen-bond donors (Lipinski definition) is 0. The standard InChI is InChI=1S/C19H30N4O/c1-21-13-17(12-20-21)14-22-9-6-19(7-10-22)8-11-23(18(19)24)15-16-4-2-3-5-16/h12-13,16H,2-11,14-15H2,1H3. The number of rotatable bonds is 4. The smallest absolute Gasteiger partial charge is 0.228 e. The minimum Gasteiger partial charge on any atom is -0.342 e. The van der Waals surface area contributed by atoms with Crippen molar-refractivity contribution in [1.29, 1.82) is 0 Å². The first-order valence-corrected chi connectivity index (χ1v) is 9.64. The number of piperidine rings is 1. The highest BCUT2D eigenvalue weighted by molar-refractivity contribution is 5.85. The van der Waals surface area contributed by atoms with Crippen LogP contribution in [-0.2, 0) is 18.4 Å². The van der Waals surface area contributed by atoms with Gasteiger partial charge in [0.25, 0.3) is 0 Å². The number of carbonyl (C=O) groups is 1. The average molecular weight is 330 g/mol. The number of carbonyl (C=O) groups excluding carboxylic acids is 1. The van der Waals surface area contributed by atoms with Crippen molar-refractivity contribution in [2.75, 3.05) is 26.2 Å². The summed E-state index contributed by atoms with van der Waals surface area (Å²) in [7, 11) is 1.96. The van der Waals surface area contributed by atoms with Crippen LogP contribution in [0.4, 0.5) is 0 Å². The number of nitrogens with zero attached hydrogens (tertiary/aromatic N) is 4. The quantitative estimate of drug-likeness (QED) is 0.851. The minimum atomic E-state index is -0.0377. The van der Waals surface area contributed by atoms with Gasteiger partial charge in [0, 0.05) is 38.4 Å². The molecule has 0 N–H and O–H groups in total. The first-order valence-electron chi connectivity index (χ1n) is 9.64. The lowest BCUT2D eigenvalue weighted by Crippen LogP contribution is -2.44. The summed E-state index contributed by atoms with van der Waals surface area (Å²) >= 11 is 0. The van der Waals surface area contributed by atoms with Crippen molar-refractivity contribution in [3.8, 4) is 0 Å². The molecule has 4 rings (SSSR count). The minimum absolute atomic E-state index is 0.0377. The Morgan fingerprint density at radius 3 is 2.54 bits per heavy atom. The molecular weight excluding hydrogens is 300 g/mol. The van der Waals surface area contributed by atoms with Gasteiger partial charge in [-0.15, -0.1) is 0 Å². The molecule has 3 aliphatic rings. The Morgan fingerprint density at radius 1 is 1.17 bits per heavy atom. The van der Waals surface area contributed by atoms with Crippen LogP contribution in [0.1, 0.15) is 50.5 Å². The fraction of sp³-hybridized carbons (Fsp3) is 0.789. The summed E-state index contributed by atoms with van der Waals surface area (Å²) < 4.78 is 1.86. The summed E-state index contributed by atoms with van der Waals surface area (Å²) in [5.41, 5.74) is 1.23. The molecule has 1 saturated carbocycles. The van der Waals surface area contributed by atoms with Crippen molar-refractivity contribution in [1.82, 2.24) is 19.6 Å². The molecule has 1 aromatic heterocycles. The van der Waals surface area contributed by atoms with E-state index in [2.05, 4.69) is 21.1 Å². The molecule has 0 radical (unpaired) electrons. The topological polar surface area (TPSA) is 41.4 Å². The van der Waals surface area contributed by atoms with E-state index in [0.29, 0.717) is 5.91 Å². The van der Waals surface area contributed by atoms with Crippen LogP contribution in [0.25, 0.3) is 0 Å². The van der Waals surface area contributed by atoms with Gasteiger partial charge in [-0.2, -0.15) is 5.10 Å². The second-order valence-corrected chi connectivity index (χ2v) is 8.23. The average Bonchev–Trinajstić information content (AvgIpc) is 3.29. The molecule has 3 heterocycles. The van der Waals surface area contributed by atoms with Crippen LogP contribution in [-0.4, -0.2) is 51.7 Å². The molecule has 24 heavy (non-hydrogen) atoms. The van der Waals surface area contributed by atoms with E-state index in [9.17, 15) is 4.79 Å². The fourth-order valence-electron chi connectivity index (χ4n) is 4.99. The number of aryl methyl sites for hydroxylation is 1. The van der Waals surface area contributed by atoms with Gasteiger partial charge < -0.3 is 4.90 Å². The van der Waals surface area contributed by atoms with E-state index in [1.807, 2.05) is 17.9 Å². The number of hydrogen-bond acceptors (Lipinski definition) is 3. The Labute approximate surface area is 145 Å². The summed E-state index contributed by atoms with van der Waals surface area (Å²) in [6.45, 7) is 5.07. The third-order valence-corrected chi connectivity index (χ3v) is 6.53. The Kier molecular flexibility index (Phi) is 4.37. The predicted octanol–water partition coefficient (Wildman–Crippen LogP) is 2.42. The van der Waals surface area contributed by atoms with Gasteiger partial charge >= 0.3 is 0 Å². The van der Waals surface area contributed by atoms with Crippen molar-refractivity contribution in [3.05, 3.63) is 18.0 Å². The Bertz CT molecular complexity index is 582. The molecule has 1 spiro atoms. The van der Waals surface area contributed by atoms with Crippen molar-refractivity contribution < 1.29 is 4.79 Å². The first kappa shape index (κ1) is 16.1. The van der Waals surface area contributed by atoms with Gasteiger partial charge in [-0.05, 0) is 51.1 Å². The van der Waals surface area contributed by atoms with E-state index in [1.54, 1.807) is 0 Å². The molecular formula is C19H30N4O. The Morgan fingerprint density at radius 2 is 1.88 bits per heavy atom. The van der Waals surface area contributed by atoms with Crippen molar-refractivity contribution in [2.24, 2.45) is 18.4 Å². The van der Waals surface area contributed by atoms with E-state index in [-0.39, 0.29) is 5.41 Å². The van der Waals surface area contributed by atoms with Gasteiger partial charge in [0.15, 0.2) is 0 Å². The third-order valence-electron chi connectivity index (χ3n) is 6.53. The van der Waals surface area contributed by atoms with Crippen LogP contribution in [0.2, 0.25) is 0 Å². The number of aromatic nitrogens is 2.